The van der Waals surface area contributed by atoms with Crippen LogP contribution in [0.4, 0.5) is 0 Å². The SMILES string of the molecule is CN(Cc1ccc(Br)s1)C1CCCNCC1. The van der Waals surface area contributed by atoms with Crippen LogP contribution in [0.25, 0.3) is 0 Å². The van der Waals surface area contributed by atoms with Crippen molar-refractivity contribution in [2.75, 3.05) is 20.1 Å². The molecule has 90 valence electrons. The summed E-state index contributed by atoms with van der Waals surface area (Å²) >= 11 is 5.37. The van der Waals surface area contributed by atoms with Crippen LogP contribution in [0, 0.1) is 0 Å². The van der Waals surface area contributed by atoms with Gasteiger partial charge in [0.25, 0.3) is 0 Å². The monoisotopic (exact) mass is 302 g/mol. The van der Waals surface area contributed by atoms with E-state index in [1.165, 1.54) is 41.0 Å². The first-order chi connectivity index (χ1) is 7.75. The van der Waals surface area contributed by atoms with Gasteiger partial charge in [0, 0.05) is 17.5 Å². The molecule has 1 aromatic heterocycles. The Bertz CT molecular complexity index is 319. The average molecular weight is 303 g/mol. The molecule has 1 unspecified atom stereocenters. The minimum atomic E-state index is 0.746. The van der Waals surface area contributed by atoms with Gasteiger partial charge in [-0.15, -0.1) is 11.3 Å². The second-order valence-corrected chi connectivity index (χ2v) is 7.00. The lowest BCUT2D eigenvalue weighted by atomic mass is 10.1. The molecule has 0 spiro atoms. The fourth-order valence-corrected chi connectivity index (χ4v) is 3.80. The summed E-state index contributed by atoms with van der Waals surface area (Å²) in [7, 11) is 2.25. The van der Waals surface area contributed by atoms with Crippen LogP contribution in [0.1, 0.15) is 24.1 Å². The maximum atomic E-state index is 3.52. The highest BCUT2D eigenvalue weighted by Gasteiger charge is 2.17. The summed E-state index contributed by atoms with van der Waals surface area (Å²) in [5, 5.41) is 3.47. The molecule has 2 heterocycles. The van der Waals surface area contributed by atoms with Crippen LogP contribution in [0.2, 0.25) is 0 Å². The smallest absolute Gasteiger partial charge is 0.0701 e. The number of thiophene rings is 1. The van der Waals surface area contributed by atoms with Gasteiger partial charge in [0.2, 0.25) is 0 Å². The van der Waals surface area contributed by atoms with Crippen molar-refractivity contribution in [2.45, 2.75) is 31.8 Å². The first-order valence-electron chi connectivity index (χ1n) is 5.91. The van der Waals surface area contributed by atoms with Crippen LogP contribution < -0.4 is 5.32 Å². The predicted octanol–water partition coefficient (Wildman–Crippen LogP) is 3.08. The molecule has 1 aromatic rings. The van der Waals surface area contributed by atoms with Crippen LogP contribution in [-0.4, -0.2) is 31.1 Å². The molecule has 1 atom stereocenters. The van der Waals surface area contributed by atoms with E-state index in [1.54, 1.807) is 0 Å². The van der Waals surface area contributed by atoms with Crippen molar-refractivity contribution in [3.05, 3.63) is 20.8 Å². The highest BCUT2D eigenvalue weighted by molar-refractivity contribution is 9.11. The van der Waals surface area contributed by atoms with Crippen LogP contribution in [0.15, 0.2) is 15.9 Å². The molecule has 0 saturated carbocycles. The van der Waals surface area contributed by atoms with E-state index in [1.807, 2.05) is 11.3 Å². The maximum absolute atomic E-state index is 3.52. The van der Waals surface area contributed by atoms with Gasteiger partial charge >= 0.3 is 0 Å². The molecule has 2 rings (SSSR count). The largest absolute Gasteiger partial charge is 0.317 e. The van der Waals surface area contributed by atoms with Crippen molar-refractivity contribution in [3.63, 3.8) is 0 Å². The zero-order valence-corrected chi connectivity index (χ0v) is 12.1. The Morgan fingerprint density at radius 3 is 3.06 bits per heavy atom. The molecule has 0 amide bonds. The zero-order chi connectivity index (χ0) is 11.4. The lowest BCUT2D eigenvalue weighted by Crippen LogP contribution is -2.31. The van der Waals surface area contributed by atoms with Gasteiger partial charge in [0.1, 0.15) is 0 Å². The van der Waals surface area contributed by atoms with Gasteiger partial charge in [-0.05, 0) is 67.5 Å². The molecular formula is C12H19BrN2S. The van der Waals surface area contributed by atoms with Crippen molar-refractivity contribution >= 4 is 27.3 Å². The second-order valence-electron chi connectivity index (χ2n) is 4.46. The number of nitrogens with one attached hydrogen (secondary N) is 1. The van der Waals surface area contributed by atoms with E-state index in [0.717, 1.165) is 12.6 Å². The Hall–Kier alpha value is 0.1000. The Kier molecular flexibility index (Phi) is 4.82. The summed E-state index contributed by atoms with van der Waals surface area (Å²) < 4.78 is 1.23. The molecule has 0 bridgehead atoms. The molecule has 1 saturated heterocycles. The number of halogens is 1. The fraction of sp³-hybridized carbons (Fsp3) is 0.667. The lowest BCUT2D eigenvalue weighted by molar-refractivity contribution is 0.218. The van der Waals surface area contributed by atoms with Crippen LogP contribution >= 0.6 is 27.3 Å². The standard InChI is InChI=1S/C12H19BrN2S/c1-15(9-11-4-5-12(13)16-11)10-3-2-7-14-8-6-10/h4-5,10,14H,2-3,6-9H2,1H3. The first-order valence-corrected chi connectivity index (χ1v) is 7.52. The van der Waals surface area contributed by atoms with E-state index in [2.05, 4.69) is 45.3 Å². The van der Waals surface area contributed by atoms with Crippen molar-refractivity contribution in [1.82, 2.24) is 10.2 Å². The number of nitrogens with zero attached hydrogens (tertiary/aromatic N) is 1. The van der Waals surface area contributed by atoms with Crippen LogP contribution in [0.3, 0.4) is 0 Å². The number of hydrogen-bond acceptors (Lipinski definition) is 3. The van der Waals surface area contributed by atoms with E-state index >= 15 is 0 Å². The second kappa shape index (κ2) is 6.15. The number of hydrogen-bond donors (Lipinski definition) is 1. The number of rotatable bonds is 3. The Labute approximate surface area is 110 Å². The third kappa shape index (κ3) is 3.55. The molecule has 0 aliphatic carbocycles. The lowest BCUT2D eigenvalue weighted by Gasteiger charge is -2.26. The summed E-state index contributed by atoms with van der Waals surface area (Å²) in [6.45, 7) is 3.44. The van der Waals surface area contributed by atoms with Gasteiger partial charge in [-0.1, -0.05) is 0 Å². The van der Waals surface area contributed by atoms with Crippen molar-refractivity contribution in [1.29, 1.82) is 0 Å². The molecule has 2 nitrogen and oxygen atoms in total. The quantitative estimate of drug-likeness (QED) is 0.923. The van der Waals surface area contributed by atoms with E-state index in [9.17, 15) is 0 Å². The van der Waals surface area contributed by atoms with Crippen LogP contribution in [0.5, 0.6) is 0 Å². The molecule has 0 aromatic carbocycles. The van der Waals surface area contributed by atoms with Gasteiger partial charge in [-0.3, -0.25) is 4.90 Å². The fourth-order valence-electron chi connectivity index (χ4n) is 2.25. The van der Waals surface area contributed by atoms with E-state index < -0.39 is 0 Å². The normalized spacial score (nSPS) is 22.3. The average Bonchev–Trinajstić information content (AvgIpc) is 2.56. The van der Waals surface area contributed by atoms with Gasteiger partial charge in [0.05, 0.1) is 3.79 Å². The molecular weight excluding hydrogens is 284 g/mol. The highest BCUT2D eigenvalue weighted by atomic mass is 79.9. The van der Waals surface area contributed by atoms with E-state index in [4.69, 9.17) is 0 Å². The summed E-state index contributed by atoms with van der Waals surface area (Å²) in [5.74, 6) is 0. The Morgan fingerprint density at radius 1 is 1.44 bits per heavy atom. The topological polar surface area (TPSA) is 15.3 Å². The van der Waals surface area contributed by atoms with Gasteiger partial charge in [0.15, 0.2) is 0 Å². The third-order valence-electron chi connectivity index (χ3n) is 3.20. The van der Waals surface area contributed by atoms with Crippen molar-refractivity contribution < 1.29 is 0 Å². The Balaban J connectivity index is 1.88. The first kappa shape index (κ1) is 12.6. The highest BCUT2D eigenvalue weighted by Crippen LogP contribution is 2.24. The molecule has 16 heavy (non-hydrogen) atoms. The summed E-state index contributed by atoms with van der Waals surface area (Å²) in [6.07, 6.45) is 3.92. The van der Waals surface area contributed by atoms with Crippen molar-refractivity contribution in [2.24, 2.45) is 0 Å². The minimum Gasteiger partial charge on any atom is -0.317 e. The molecule has 1 N–H and O–H groups in total. The molecule has 1 aliphatic heterocycles. The summed E-state index contributed by atoms with van der Waals surface area (Å²) in [5.41, 5.74) is 0. The zero-order valence-electron chi connectivity index (χ0n) is 9.71. The summed E-state index contributed by atoms with van der Waals surface area (Å²) in [6, 6.07) is 5.11. The van der Waals surface area contributed by atoms with Gasteiger partial charge < -0.3 is 5.32 Å². The molecule has 1 fully saturated rings. The van der Waals surface area contributed by atoms with E-state index in [-0.39, 0.29) is 0 Å². The predicted molar refractivity (Wildman–Crippen MR) is 74.0 cm³/mol. The van der Waals surface area contributed by atoms with E-state index in [0.29, 0.717) is 0 Å². The minimum absolute atomic E-state index is 0.746. The Morgan fingerprint density at radius 2 is 2.31 bits per heavy atom. The van der Waals surface area contributed by atoms with Crippen LogP contribution in [-0.2, 0) is 6.54 Å². The maximum Gasteiger partial charge on any atom is 0.0701 e. The van der Waals surface area contributed by atoms with Gasteiger partial charge in [-0.2, -0.15) is 0 Å². The third-order valence-corrected chi connectivity index (χ3v) is 4.81. The molecule has 4 heteroatoms. The van der Waals surface area contributed by atoms with Gasteiger partial charge in [-0.25, -0.2) is 0 Å². The molecule has 1 aliphatic rings. The summed E-state index contributed by atoms with van der Waals surface area (Å²) in [4.78, 5) is 3.96. The molecule has 0 radical (unpaired) electrons. The van der Waals surface area contributed by atoms with Crippen molar-refractivity contribution in [3.8, 4) is 0 Å².